The van der Waals surface area contributed by atoms with E-state index in [0.29, 0.717) is 53.6 Å². The number of methoxy groups -OCH3 is 3. The maximum Gasteiger partial charge on any atom is 0.275 e. The standard InChI is InChI=1S/C24H26N4O5/c1-16-19(15-25-28(16)18-9-6-5-7-10-18)24(30)27-12-8-11-26(27)23(29)17-13-20(31-2)22(33-4)21(14-17)32-3/h5-7,9-10,13-15H,8,11-12H2,1-4H3. The third-order valence-electron chi connectivity index (χ3n) is 5.65. The molecule has 172 valence electrons. The van der Waals surface area contributed by atoms with Gasteiger partial charge in [0.2, 0.25) is 5.75 Å². The lowest BCUT2D eigenvalue weighted by molar-refractivity contribution is 0.0185. The zero-order valence-electron chi connectivity index (χ0n) is 19.1. The molecule has 1 fully saturated rings. The van der Waals surface area contributed by atoms with E-state index in [1.54, 1.807) is 23.0 Å². The molecule has 4 rings (SSSR count). The van der Waals surface area contributed by atoms with E-state index in [9.17, 15) is 9.59 Å². The van der Waals surface area contributed by atoms with Gasteiger partial charge in [-0.2, -0.15) is 5.10 Å². The van der Waals surface area contributed by atoms with Crippen LogP contribution < -0.4 is 14.2 Å². The third kappa shape index (κ3) is 3.97. The van der Waals surface area contributed by atoms with Crippen LogP contribution in [0.5, 0.6) is 17.2 Å². The lowest BCUT2D eigenvalue weighted by Crippen LogP contribution is -2.45. The van der Waals surface area contributed by atoms with Gasteiger partial charge < -0.3 is 14.2 Å². The first-order chi connectivity index (χ1) is 16.0. The summed E-state index contributed by atoms with van der Waals surface area (Å²) < 4.78 is 17.8. The molecule has 0 N–H and O–H groups in total. The van der Waals surface area contributed by atoms with Gasteiger partial charge in [-0.1, -0.05) is 18.2 Å². The number of ether oxygens (including phenoxy) is 3. The summed E-state index contributed by atoms with van der Waals surface area (Å²) in [6.45, 7) is 2.70. The molecule has 0 bridgehead atoms. The summed E-state index contributed by atoms with van der Waals surface area (Å²) >= 11 is 0. The van der Waals surface area contributed by atoms with Crippen LogP contribution in [0.3, 0.4) is 0 Å². The maximum atomic E-state index is 13.4. The number of rotatable bonds is 6. The van der Waals surface area contributed by atoms with Crippen molar-refractivity contribution in [3.05, 3.63) is 65.5 Å². The molecule has 2 heterocycles. The monoisotopic (exact) mass is 450 g/mol. The lowest BCUT2D eigenvalue weighted by atomic mass is 10.1. The van der Waals surface area contributed by atoms with Gasteiger partial charge >= 0.3 is 0 Å². The number of carbonyl (C=O) groups excluding carboxylic acids is 2. The van der Waals surface area contributed by atoms with Gasteiger partial charge in [-0.05, 0) is 37.6 Å². The van der Waals surface area contributed by atoms with Crippen LogP contribution in [0.15, 0.2) is 48.7 Å². The van der Waals surface area contributed by atoms with Crippen molar-refractivity contribution in [1.29, 1.82) is 0 Å². The summed E-state index contributed by atoms with van der Waals surface area (Å²) in [5.41, 5.74) is 2.35. The van der Waals surface area contributed by atoms with E-state index in [1.165, 1.54) is 31.3 Å². The smallest absolute Gasteiger partial charge is 0.275 e. The van der Waals surface area contributed by atoms with Gasteiger partial charge in [0.05, 0.1) is 44.5 Å². The number of nitrogens with zero attached hydrogens (tertiary/aromatic N) is 4. The molecular weight excluding hydrogens is 424 g/mol. The molecule has 33 heavy (non-hydrogen) atoms. The van der Waals surface area contributed by atoms with Gasteiger partial charge in [-0.3, -0.25) is 9.59 Å². The minimum absolute atomic E-state index is 0.270. The Labute approximate surface area is 192 Å². The first kappa shape index (κ1) is 22.2. The molecule has 0 atom stereocenters. The number of aromatic nitrogens is 2. The molecule has 2 aromatic carbocycles. The first-order valence-electron chi connectivity index (χ1n) is 10.5. The van der Waals surface area contributed by atoms with Gasteiger partial charge in [0, 0.05) is 18.7 Å². The van der Waals surface area contributed by atoms with Crippen LogP contribution in [-0.2, 0) is 0 Å². The van der Waals surface area contributed by atoms with Crippen molar-refractivity contribution in [2.75, 3.05) is 34.4 Å². The van der Waals surface area contributed by atoms with Crippen LogP contribution in [0.4, 0.5) is 0 Å². The highest BCUT2D eigenvalue weighted by Crippen LogP contribution is 2.38. The summed E-state index contributed by atoms with van der Waals surface area (Å²) in [5.74, 6) is 0.547. The molecule has 0 saturated carbocycles. The normalized spacial score (nSPS) is 13.2. The summed E-state index contributed by atoms with van der Waals surface area (Å²) in [6.07, 6.45) is 2.22. The number of amides is 2. The van der Waals surface area contributed by atoms with Crippen molar-refractivity contribution in [2.24, 2.45) is 0 Å². The Kier molecular flexibility index (Phi) is 6.21. The van der Waals surface area contributed by atoms with Crippen LogP contribution in [0.25, 0.3) is 5.69 Å². The topological polar surface area (TPSA) is 86.1 Å². The maximum absolute atomic E-state index is 13.4. The quantitative estimate of drug-likeness (QED) is 0.574. The summed E-state index contributed by atoms with van der Waals surface area (Å²) in [5, 5.41) is 7.33. The Morgan fingerprint density at radius 3 is 2.06 bits per heavy atom. The molecule has 2 amide bonds. The number of carbonyl (C=O) groups is 2. The highest BCUT2D eigenvalue weighted by Gasteiger charge is 2.34. The van der Waals surface area contributed by atoms with Crippen molar-refractivity contribution < 1.29 is 23.8 Å². The van der Waals surface area contributed by atoms with Gasteiger partial charge in [0.15, 0.2) is 11.5 Å². The Balaban J connectivity index is 1.63. The van der Waals surface area contributed by atoms with Crippen molar-refractivity contribution >= 4 is 11.8 Å². The Morgan fingerprint density at radius 2 is 1.48 bits per heavy atom. The number of hydrogen-bond acceptors (Lipinski definition) is 6. The molecule has 1 aliphatic rings. The van der Waals surface area contributed by atoms with E-state index in [4.69, 9.17) is 14.2 Å². The Hall–Kier alpha value is -4.01. The molecule has 1 saturated heterocycles. The molecule has 0 unspecified atom stereocenters. The fourth-order valence-electron chi connectivity index (χ4n) is 3.98. The van der Waals surface area contributed by atoms with Crippen molar-refractivity contribution in [2.45, 2.75) is 13.3 Å². The van der Waals surface area contributed by atoms with Crippen LogP contribution in [-0.4, -0.2) is 66.0 Å². The number of benzene rings is 2. The second-order valence-corrected chi connectivity index (χ2v) is 7.52. The van der Waals surface area contributed by atoms with Gasteiger partial charge in [0.25, 0.3) is 11.8 Å². The molecule has 0 aliphatic carbocycles. The molecule has 9 heteroatoms. The highest BCUT2D eigenvalue weighted by molar-refractivity contribution is 6.00. The average molecular weight is 450 g/mol. The first-order valence-corrected chi connectivity index (χ1v) is 10.5. The van der Waals surface area contributed by atoms with Gasteiger partial charge in [-0.25, -0.2) is 14.7 Å². The molecule has 3 aromatic rings. The minimum atomic E-state index is -0.326. The van der Waals surface area contributed by atoms with E-state index >= 15 is 0 Å². The molecule has 1 aromatic heterocycles. The molecule has 1 aliphatic heterocycles. The third-order valence-corrected chi connectivity index (χ3v) is 5.65. The summed E-state index contributed by atoms with van der Waals surface area (Å²) in [7, 11) is 4.48. The molecule has 0 radical (unpaired) electrons. The zero-order valence-corrected chi connectivity index (χ0v) is 19.1. The largest absolute Gasteiger partial charge is 0.493 e. The van der Waals surface area contributed by atoms with E-state index in [0.717, 1.165) is 5.69 Å². The van der Waals surface area contributed by atoms with Gasteiger partial charge in [0.1, 0.15) is 0 Å². The fraction of sp³-hybridized carbons (Fsp3) is 0.292. The molecule has 0 spiro atoms. The van der Waals surface area contributed by atoms with Crippen LogP contribution in [0.1, 0.15) is 32.8 Å². The lowest BCUT2D eigenvalue weighted by Gasteiger charge is -2.28. The van der Waals surface area contributed by atoms with Crippen LogP contribution in [0, 0.1) is 6.92 Å². The average Bonchev–Trinajstić information content (AvgIpc) is 3.49. The Bertz CT molecular complexity index is 1150. The summed E-state index contributed by atoms with van der Waals surface area (Å²) in [4.78, 5) is 26.8. The van der Waals surface area contributed by atoms with E-state index < -0.39 is 0 Å². The number of para-hydroxylation sites is 1. The SMILES string of the molecule is COc1cc(C(=O)N2CCCN2C(=O)c2cnn(-c3ccccc3)c2C)cc(OC)c1OC. The van der Waals surface area contributed by atoms with Crippen molar-refractivity contribution in [3.8, 4) is 22.9 Å². The van der Waals surface area contributed by atoms with Gasteiger partial charge in [-0.15, -0.1) is 0 Å². The second-order valence-electron chi connectivity index (χ2n) is 7.52. The summed E-state index contributed by atoms with van der Waals surface area (Å²) in [6, 6.07) is 12.8. The van der Waals surface area contributed by atoms with E-state index in [2.05, 4.69) is 5.10 Å². The number of hydrazine groups is 1. The Morgan fingerprint density at radius 1 is 0.879 bits per heavy atom. The highest BCUT2D eigenvalue weighted by atomic mass is 16.5. The number of hydrogen-bond donors (Lipinski definition) is 0. The van der Waals surface area contributed by atoms with E-state index in [1.807, 2.05) is 37.3 Å². The van der Waals surface area contributed by atoms with Crippen molar-refractivity contribution in [1.82, 2.24) is 19.8 Å². The second kappa shape index (κ2) is 9.23. The van der Waals surface area contributed by atoms with Crippen LogP contribution >= 0.6 is 0 Å². The minimum Gasteiger partial charge on any atom is -0.493 e. The fourth-order valence-corrected chi connectivity index (χ4v) is 3.98. The zero-order chi connectivity index (χ0) is 23.5. The predicted molar refractivity (Wildman–Crippen MR) is 121 cm³/mol. The molecule has 9 nitrogen and oxygen atoms in total. The predicted octanol–water partition coefficient (Wildman–Crippen LogP) is 3.11. The molecular formula is C24H26N4O5. The van der Waals surface area contributed by atoms with Crippen LogP contribution in [0.2, 0.25) is 0 Å². The van der Waals surface area contributed by atoms with E-state index in [-0.39, 0.29) is 11.8 Å². The van der Waals surface area contributed by atoms with Crippen molar-refractivity contribution in [3.63, 3.8) is 0 Å².